The van der Waals surface area contributed by atoms with E-state index in [1.807, 2.05) is 43.1 Å². The molecule has 0 fully saturated rings. The highest BCUT2D eigenvalue weighted by Gasteiger charge is 2.14. The monoisotopic (exact) mass is 382 g/mol. The summed E-state index contributed by atoms with van der Waals surface area (Å²) in [4.78, 5) is 13.9. The Kier molecular flexibility index (Phi) is 5.85. The van der Waals surface area contributed by atoms with Crippen LogP contribution in [0.4, 0.5) is 14.5 Å². The van der Waals surface area contributed by atoms with Crippen LogP contribution in [0.5, 0.6) is 0 Å². The molecule has 0 saturated heterocycles. The molecule has 122 valence electrons. The average Bonchev–Trinajstić information content (AvgIpc) is 2.45. The van der Waals surface area contributed by atoms with Gasteiger partial charge in [-0.2, -0.15) is 0 Å². The summed E-state index contributed by atoms with van der Waals surface area (Å²) < 4.78 is 26.9. The van der Waals surface area contributed by atoms with E-state index >= 15 is 0 Å². The lowest BCUT2D eigenvalue weighted by molar-refractivity contribution is -0.117. The summed E-state index contributed by atoms with van der Waals surface area (Å²) in [6.45, 7) is 2.71. The number of nitrogens with one attached hydrogen (secondary N) is 1. The highest BCUT2D eigenvalue weighted by molar-refractivity contribution is 9.10. The van der Waals surface area contributed by atoms with Crippen LogP contribution in [-0.4, -0.2) is 24.4 Å². The molecule has 23 heavy (non-hydrogen) atoms. The van der Waals surface area contributed by atoms with Gasteiger partial charge in [0.05, 0.1) is 12.2 Å². The molecule has 0 radical (unpaired) electrons. The van der Waals surface area contributed by atoms with E-state index in [-0.39, 0.29) is 22.6 Å². The van der Waals surface area contributed by atoms with Crippen LogP contribution in [0.3, 0.4) is 0 Å². The van der Waals surface area contributed by atoms with E-state index in [0.717, 1.165) is 23.3 Å². The van der Waals surface area contributed by atoms with Crippen molar-refractivity contribution in [3.05, 3.63) is 63.6 Å². The van der Waals surface area contributed by atoms with Crippen LogP contribution in [-0.2, 0) is 11.3 Å². The van der Waals surface area contributed by atoms with Gasteiger partial charge in [0.15, 0.2) is 5.82 Å². The molecule has 0 unspecified atom stereocenters. The highest BCUT2D eigenvalue weighted by Crippen LogP contribution is 2.26. The Labute approximate surface area is 142 Å². The fourth-order valence-corrected chi connectivity index (χ4v) is 2.73. The molecule has 0 aromatic heterocycles. The fraction of sp³-hybridized carbons (Fsp3) is 0.235. The van der Waals surface area contributed by atoms with Gasteiger partial charge in [-0.25, -0.2) is 8.78 Å². The molecule has 0 aliphatic carbocycles. The molecule has 0 atom stereocenters. The van der Waals surface area contributed by atoms with Gasteiger partial charge >= 0.3 is 0 Å². The number of anilines is 1. The zero-order valence-corrected chi connectivity index (χ0v) is 14.5. The van der Waals surface area contributed by atoms with Crippen LogP contribution in [0.1, 0.15) is 11.1 Å². The lowest BCUT2D eigenvalue weighted by atomic mass is 10.1. The molecule has 6 heteroatoms. The minimum atomic E-state index is -0.813. The van der Waals surface area contributed by atoms with Crippen molar-refractivity contribution in [1.82, 2.24) is 4.90 Å². The second-order valence-electron chi connectivity index (χ2n) is 5.39. The van der Waals surface area contributed by atoms with Gasteiger partial charge in [0, 0.05) is 17.1 Å². The number of rotatable bonds is 5. The molecule has 3 nitrogen and oxygen atoms in total. The summed E-state index contributed by atoms with van der Waals surface area (Å²) in [7, 11) is 1.81. The van der Waals surface area contributed by atoms with E-state index in [2.05, 4.69) is 21.2 Å². The maximum Gasteiger partial charge on any atom is 0.238 e. The number of benzene rings is 2. The Hall–Kier alpha value is -1.79. The first kappa shape index (κ1) is 17.6. The van der Waals surface area contributed by atoms with Crippen LogP contribution >= 0.6 is 15.9 Å². The fourth-order valence-electron chi connectivity index (χ4n) is 2.22. The molecule has 0 saturated carbocycles. The topological polar surface area (TPSA) is 32.3 Å². The standard InChI is InChI=1S/C17H17BrF2N2O/c1-11-5-3-4-6-12(11)9-22(2)10-16(23)21-17-14(18)7-13(19)8-15(17)20/h3-8H,9-10H2,1-2H3,(H,21,23). The molecule has 0 spiro atoms. The Bertz CT molecular complexity index is 698. The lowest BCUT2D eigenvalue weighted by Gasteiger charge is -2.18. The second kappa shape index (κ2) is 7.66. The van der Waals surface area contributed by atoms with Crippen molar-refractivity contribution in [3.63, 3.8) is 0 Å². The van der Waals surface area contributed by atoms with Gasteiger partial charge in [-0.1, -0.05) is 24.3 Å². The zero-order chi connectivity index (χ0) is 17.0. The van der Waals surface area contributed by atoms with Crippen molar-refractivity contribution in [1.29, 1.82) is 0 Å². The first-order valence-corrected chi connectivity index (χ1v) is 7.83. The largest absolute Gasteiger partial charge is 0.322 e. The second-order valence-corrected chi connectivity index (χ2v) is 6.25. The Balaban J connectivity index is 1.98. The summed E-state index contributed by atoms with van der Waals surface area (Å²) >= 11 is 3.05. The first-order chi connectivity index (χ1) is 10.9. The summed E-state index contributed by atoms with van der Waals surface area (Å²) in [5.74, 6) is -1.89. The zero-order valence-electron chi connectivity index (χ0n) is 12.9. The number of amides is 1. The maximum absolute atomic E-state index is 13.7. The van der Waals surface area contributed by atoms with Crippen molar-refractivity contribution in [3.8, 4) is 0 Å². The van der Waals surface area contributed by atoms with Gasteiger partial charge in [-0.05, 0) is 47.1 Å². The predicted octanol–water partition coefficient (Wildman–Crippen LogP) is 4.11. The Morgan fingerprint density at radius 2 is 1.96 bits per heavy atom. The third-order valence-electron chi connectivity index (χ3n) is 3.39. The van der Waals surface area contributed by atoms with Crippen LogP contribution in [0, 0.1) is 18.6 Å². The van der Waals surface area contributed by atoms with Crippen LogP contribution in [0.15, 0.2) is 40.9 Å². The quantitative estimate of drug-likeness (QED) is 0.843. The highest BCUT2D eigenvalue weighted by atomic mass is 79.9. The van der Waals surface area contributed by atoms with E-state index in [0.29, 0.717) is 6.54 Å². The summed E-state index contributed by atoms with van der Waals surface area (Å²) in [6.07, 6.45) is 0. The lowest BCUT2D eigenvalue weighted by Crippen LogP contribution is -2.30. The normalized spacial score (nSPS) is 10.9. The van der Waals surface area contributed by atoms with E-state index in [1.165, 1.54) is 0 Å². The van der Waals surface area contributed by atoms with E-state index in [1.54, 1.807) is 0 Å². The summed E-state index contributed by atoms with van der Waals surface area (Å²) in [5, 5.41) is 2.47. The molecule has 0 bridgehead atoms. The number of aryl methyl sites for hydroxylation is 1. The third kappa shape index (κ3) is 4.84. The van der Waals surface area contributed by atoms with Crippen LogP contribution in [0.25, 0.3) is 0 Å². The number of likely N-dealkylation sites (N-methyl/N-ethyl adjacent to an activating group) is 1. The predicted molar refractivity (Wildman–Crippen MR) is 90.2 cm³/mol. The molecular weight excluding hydrogens is 366 g/mol. The minimum Gasteiger partial charge on any atom is -0.322 e. The number of carbonyl (C=O) groups is 1. The molecule has 0 aliphatic heterocycles. The molecule has 1 amide bonds. The van der Waals surface area contributed by atoms with Gasteiger partial charge in [0.1, 0.15) is 5.82 Å². The number of hydrogen-bond acceptors (Lipinski definition) is 2. The molecule has 0 heterocycles. The summed E-state index contributed by atoms with van der Waals surface area (Å²) in [6, 6.07) is 9.75. The van der Waals surface area contributed by atoms with Gasteiger partial charge in [-0.15, -0.1) is 0 Å². The number of hydrogen-bond donors (Lipinski definition) is 1. The maximum atomic E-state index is 13.7. The summed E-state index contributed by atoms with van der Waals surface area (Å²) in [5.41, 5.74) is 2.21. The van der Waals surface area contributed by atoms with E-state index in [4.69, 9.17) is 0 Å². The van der Waals surface area contributed by atoms with Gasteiger partial charge in [0.25, 0.3) is 0 Å². The smallest absolute Gasteiger partial charge is 0.238 e. The van der Waals surface area contributed by atoms with E-state index in [9.17, 15) is 13.6 Å². The van der Waals surface area contributed by atoms with Crippen LogP contribution in [0.2, 0.25) is 0 Å². The SMILES string of the molecule is Cc1ccccc1CN(C)CC(=O)Nc1c(F)cc(F)cc1Br. The Morgan fingerprint density at radius 1 is 1.26 bits per heavy atom. The molecule has 0 aliphatic rings. The van der Waals surface area contributed by atoms with Crippen molar-refractivity contribution in [2.24, 2.45) is 0 Å². The Morgan fingerprint density at radius 3 is 2.61 bits per heavy atom. The molecule has 1 N–H and O–H groups in total. The van der Waals surface area contributed by atoms with Crippen molar-refractivity contribution < 1.29 is 13.6 Å². The van der Waals surface area contributed by atoms with Gasteiger partial charge in [-0.3, -0.25) is 9.69 Å². The molecule has 2 aromatic carbocycles. The molecular formula is C17H17BrF2N2O. The van der Waals surface area contributed by atoms with Crippen molar-refractivity contribution in [2.75, 3.05) is 18.9 Å². The molecule has 2 rings (SSSR count). The van der Waals surface area contributed by atoms with Crippen molar-refractivity contribution in [2.45, 2.75) is 13.5 Å². The number of halogens is 3. The third-order valence-corrected chi connectivity index (χ3v) is 4.01. The first-order valence-electron chi connectivity index (χ1n) is 7.04. The number of carbonyl (C=O) groups excluding carboxylic acids is 1. The van der Waals surface area contributed by atoms with Gasteiger partial charge < -0.3 is 5.32 Å². The van der Waals surface area contributed by atoms with Gasteiger partial charge in [0.2, 0.25) is 5.91 Å². The minimum absolute atomic E-state index is 0.0549. The average molecular weight is 383 g/mol. The van der Waals surface area contributed by atoms with E-state index < -0.39 is 11.6 Å². The van der Waals surface area contributed by atoms with Crippen LogP contribution < -0.4 is 5.32 Å². The molecule has 2 aromatic rings. The number of nitrogens with zero attached hydrogens (tertiary/aromatic N) is 1. The van der Waals surface area contributed by atoms with Crippen molar-refractivity contribution >= 4 is 27.5 Å².